The Labute approximate surface area is 219 Å². The van der Waals surface area contributed by atoms with Crippen molar-refractivity contribution in [3.05, 3.63) is 112 Å². The number of carbonyl (C=O) groups excluding carboxylic acids is 3. The summed E-state index contributed by atoms with van der Waals surface area (Å²) in [6, 6.07) is 23.0. The van der Waals surface area contributed by atoms with Crippen molar-refractivity contribution in [2.45, 2.75) is 13.1 Å². The van der Waals surface area contributed by atoms with Crippen molar-refractivity contribution in [1.29, 1.82) is 0 Å². The van der Waals surface area contributed by atoms with Crippen molar-refractivity contribution in [1.82, 2.24) is 14.7 Å². The number of halogens is 1. The molecule has 0 spiro atoms. The van der Waals surface area contributed by atoms with Crippen LogP contribution in [-0.4, -0.2) is 57.9 Å². The predicted molar refractivity (Wildman–Crippen MR) is 142 cm³/mol. The van der Waals surface area contributed by atoms with Crippen molar-refractivity contribution in [2.75, 3.05) is 26.2 Å². The first-order chi connectivity index (χ1) is 18.0. The normalized spacial score (nSPS) is 17.6. The standard InChI is InChI=1S/C29H26FN3O3S/c30-25-11-9-22(10-12-25)19-31-13-15-32(16-14-31)27(34)24-8-4-7-23(17-24)18-26-28(35)33(29(36)37-26)20-21-5-2-1-3-6-21/h1-12,17-18H,13-16,19-20H2/b26-18-. The summed E-state index contributed by atoms with van der Waals surface area (Å²) >= 11 is 0.917. The molecule has 0 aliphatic carbocycles. The van der Waals surface area contributed by atoms with Crippen LogP contribution in [0, 0.1) is 5.82 Å². The van der Waals surface area contributed by atoms with Crippen LogP contribution < -0.4 is 0 Å². The number of hydrogen-bond donors (Lipinski definition) is 0. The highest BCUT2D eigenvalue weighted by Gasteiger charge is 2.35. The molecule has 0 unspecified atom stereocenters. The number of benzene rings is 3. The van der Waals surface area contributed by atoms with E-state index in [-0.39, 0.29) is 29.4 Å². The molecule has 0 saturated carbocycles. The van der Waals surface area contributed by atoms with Gasteiger partial charge in [-0.15, -0.1) is 0 Å². The van der Waals surface area contributed by atoms with Gasteiger partial charge in [-0.2, -0.15) is 0 Å². The molecule has 188 valence electrons. The lowest BCUT2D eigenvalue weighted by Gasteiger charge is -2.34. The van der Waals surface area contributed by atoms with E-state index in [1.807, 2.05) is 41.3 Å². The Balaban J connectivity index is 1.21. The molecule has 3 aromatic rings. The summed E-state index contributed by atoms with van der Waals surface area (Å²) in [4.78, 5) is 44.2. The number of carbonyl (C=O) groups is 3. The number of piperazine rings is 1. The van der Waals surface area contributed by atoms with Gasteiger partial charge in [0.05, 0.1) is 11.4 Å². The van der Waals surface area contributed by atoms with Gasteiger partial charge in [0, 0.05) is 38.3 Å². The lowest BCUT2D eigenvalue weighted by molar-refractivity contribution is -0.123. The van der Waals surface area contributed by atoms with E-state index in [1.54, 1.807) is 36.4 Å². The molecular formula is C29H26FN3O3S. The minimum Gasteiger partial charge on any atom is -0.336 e. The second-order valence-electron chi connectivity index (χ2n) is 9.07. The van der Waals surface area contributed by atoms with E-state index in [1.165, 1.54) is 17.0 Å². The summed E-state index contributed by atoms with van der Waals surface area (Å²) in [5.74, 6) is -0.634. The van der Waals surface area contributed by atoms with Crippen LogP contribution in [0.2, 0.25) is 0 Å². The van der Waals surface area contributed by atoms with Crippen LogP contribution >= 0.6 is 11.8 Å². The molecule has 2 aliphatic rings. The fraction of sp³-hybridized carbons (Fsp3) is 0.207. The van der Waals surface area contributed by atoms with E-state index in [4.69, 9.17) is 0 Å². The summed E-state index contributed by atoms with van der Waals surface area (Å²) in [5.41, 5.74) is 3.17. The van der Waals surface area contributed by atoms with Gasteiger partial charge in [0.25, 0.3) is 17.1 Å². The Hall–Kier alpha value is -3.75. The summed E-state index contributed by atoms with van der Waals surface area (Å²) in [5, 5.41) is -0.300. The summed E-state index contributed by atoms with van der Waals surface area (Å²) in [6.07, 6.45) is 1.67. The van der Waals surface area contributed by atoms with Gasteiger partial charge in [-0.3, -0.25) is 24.2 Å². The Kier molecular flexibility index (Phi) is 7.48. The first-order valence-corrected chi connectivity index (χ1v) is 12.9. The molecule has 2 aliphatic heterocycles. The number of rotatable bonds is 6. The van der Waals surface area contributed by atoms with Crippen LogP contribution in [0.4, 0.5) is 9.18 Å². The van der Waals surface area contributed by atoms with Crippen molar-refractivity contribution in [3.8, 4) is 0 Å². The molecule has 2 saturated heterocycles. The van der Waals surface area contributed by atoms with Crippen LogP contribution in [0.15, 0.2) is 83.8 Å². The maximum atomic E-state index is 13.2. The summed E-state index contributed by atoms with van der Waals surface area (Å²) in [6.45, 7) is 3.62. The maximum absolute atomic E-state index is 13.2. The quantitative estimate of drug-likeness (QED) is 0.432. The number of amides is 3. The maximum Gasteiger partial charge on any atom is 0.293 e. The zero-order valence-corrected chi connectivity index (χ0v) is 21.0. The van der Waals surface area contributed by atoms with Gasteiger partial charge in [0.15, 0.2) is 0 Å². The van der Waals surface area contributed by atoms with E-state index in [0.717, 1.165) is 42.5 Å². The third kappa shape index (κ3) is 5.98. The van der Waals surface area contributed by atoms with E-state index in [9.17, 15) is 18.8 Å². The minimum absolute atomic E-state index is 0.0612. The monoisotopic (exact) mass is 515 g/mol. The van der Waals surface area contributed by atoms with Crippen LogP contribution in [0.3, 0.4) is 0 Å². The Morgan fingerprint density at radius 2 is 1.54 bits per heavy atom. The molecule has 6 nitrogen and oxygen atoms in total. The molecule has 0 aromatic heterocycles. The minimum atomic E-state index is -0.326. The highest BCUT2D eigenvalue weighted by atomic mass is 32.2. The molecule has 3 amide bonds. The molecule has 3 aromatic carbocycles. The zero-order chi connectivity index (χ0) is 25.8. The van der Waals surface area contributed by atoms with E-state index in [2.05, 4.69) is 4.90 Å². The smallest absolute Gasteiger partial charge is 0.293 e. The number of imide groups is 1. The van der Waals surface area contributed by atoms with Crippen LogP contribution in [0.25, 0.3) is 6.08 Å². The third-order valence-electron chi connectivity index (χ3n) is 6.47. The van der Waals surface area contributed by atoms with Gasteiger partial charge in [0.1, 0.15) is 5.82 Å². The molecule has 8 heteroatoms. The molecule has 0 N–H and O–H groups in total. The van der Waals surface area contributed by atoms with Gasteiger partial charge in [-0.1, -0.05) is 54.6 Å². The molecule has 0 bridgehead atoms. The Bertz CT molecular complexity index is 1340. The van der Waals surface area contributed by atoms with Gasteiger partial charge in [-0.05, 0) is 58.8 Å². The predicted octanol–water partition coefficient (Wildman–Crippen LogP) is 5.02. The second-order valence-corrected chi connectivity index (χ2v) is 10.1. The molecule has 2 fully saturated rings. The number of nitrogens with zero attached hydrogens (tertiary/aromatic N) is 3. The van der Waals surface area contributed by atoms with Crippen LogP contribution in [0.1, 0.15) is 27.0 Å². The lowest BCUT2D eigenvalue weighted by atomic mass is 10.1. The van der Waals surface area contributed by atoms with Crippen molar-refractivity contribution < 1.29 is 18.8 Å². The number of hydrogen-bond acceptors (Lipinski definition) is 5. The highest BCUT2D eigenvalue weighted by molar-refractivity contribution is 8.18. The van der Waals surface area contributed by atoms with Gasteiger partial charge in [0.2, 0.25) is 0 Å². The Morgan fingerprint density at radius 1 is 0.838 bits per heavy atom. The van der Waals surface area contributed by atoms with Crippen LogP contribution in [0.5, 0.6) is 0 Å². The van der Waals surface area contributed by atoms with Gasteiger partial charge >= 0.3 is 0 Å². The first kappa shape index (κ1) is 24.9. The SMILES string of the molecule is O=C(c1cccc(/C=C2\SC(=O)N(Cc3ccccc3)C2=O)c1)N1CCN(Cc2ccc(F)cc2)CC1. The lowest BCUT2D eigenvalue weighted by Crippen LogP contribution is -2.48. The summed E-state index contributed by atoms with van der Waals surface area (Å²) in [7, 11) is 0. The fourth-order valence-electron chi connectivity index (χ4n) is 4.45. The van der Waals surface area contributed by atoms with E-state index < -0.39 is 0 Å². The average molecular weight is 516 g/mol. The molecule has 0 radical (unpaired) electrons. The summed E-state index contributed by atoms with van der Waals surface area (Å²) < 4.78 is 13.1. The van der Waals surface area contributed by atoms with E-state index >= 15 is 0 Å². The van der Waals surface area contributed by atoms with Crippen molar-refractivity contribution in [3.63, 3.8) is 0 Å². The molecule has 5 rings (SSSR count). The van der Waals surface area contributed by atoms with Gasteiger partial charge in [-0.25, -0.2) is 4.39 Å². The second kappa shape index (κ2) is 11.1. The van der Waals surface area contributed by atoms with E-state index in [0.29, 0.717) is 29.1 Å². The Morgan fingerprint density at radius 3 is 2.27 bits per heavy atom. The van der Waals surface area contributed by atoms with Crippen molar-refractivity contribution in [2.24, 2.45) is 0 Å². The van der Waals surface area contributed by atoms with Crippen molar-refractivity contribution >= 4 is 34.9 Å². The molecular weight excluding hydrogens is 489 g/mol. The molecule has 2 heterocycles. The largest absolute Gasteiger partial charge is 0.336 e. The first-order valence-electron chi connectivity index (χ1n) is 12.1. The fourth-order valence-corrected chi connectivity index (χ4v) is 5.29. The average Bonchev–Trinajstić information content (AvgIpc) is 3.18. The topological polar surface area (TPSA) is 60.9 Å². The van der Waals surface area contributed by atoms with Crippen LogP contribution in [-0.2, 0) is 17.9 Å². The highest BCUT2D eigenvalue weighted by Crippen LogP contribution is 2.33. The zero-order valence-electron chi connectivity index (χ0n) is 20.2. The van der Waals surface area contributed by atoms with Gasteiger partial charge < -0.3 is 4.90 Å². The molecule has 0 atom stereocenters. The molecule has 37 heavy (non-hydrogen) atoms. The third-order valence-corrected chi connectivity index (χ3v) is 7.37. The number of thioether (sulfide) groups is 1.